The minimum absolute atomic E-state index is 0.336. The Morgan fingerprint density at radius 1 is 1.00 bits per heavy atom. The lowest BCUT2D eigenvalue weighted by Crippen LogP contribution is -2.72. The molecule has 0 fully saturated rings. The maximum absolute atomic E-state index is 3.88. The second-order valence-corrected chi connectivity index (χ2v) is 16.6. The van der Waals surface area contributed by atoms with Crippen molar-refractivity contribution in [2.45, 2.75) is 39.3 Å². The highest BCUT2D eigenvalue weighted by Crippen LogP contribution is 2.05. The third kappa shape index (κ3) is 5.42. The Balaban J connectivity index is 4.34. The molecular formula is C8H26N3Si3. The molecule has 2 N–H and O–H groups in total. The molecule has 0 saturated carbocycles. The highest BCUT2D eigenvalue weighted by molar-refractivity contribution is 6.92. The van der Waals surface area contributed by atoms with Gasteiger partial charge in [-0.2, -0.15) is 0 Å². The quantitative estimate of drug-likeness (QED) is 0.720. The molecule has 14 heavy (non-hydrogen) atoms. The van der Waals surface area contributed by atoms with E-state index < -0.39 is 16.8 Å². The molecule has 0 amide bonds. The van der Waals surface area contributed by atoms with Crippen molar-refractivity contribution < 1.29 is 0 Å². The molecule has 0 saturated heterocycles. The summed E-state index contributed by atoms with van der Waals surface area (Å²) in [4.78, 5) is 0. The molecule has 0 spiro atoms. The fourth-order valence-electron chi connectivity index (χ4n) is 1.53. The van der Waals surface area contributed by atoms with Crippen LogP contribution in [-0.2, 0) is 0 Å². The van der Waals surface area contributed by atoms with Gasteiger partial charge < -0.3 is 13.9 Å². The van der Waals surface area contributed by atoms with Gasteiger partial charge in [0.1, 0.15) is 8.96 Å². The van der Waals surface area contributed by atoms with E-state index in [2.05, 4.69) is 67.2 Å². The summed E-state index contributed by atoms with van der Waals surface area (Å²) in [6, 6.07) is 0. The molecule has 0 aliphatic heterocycles. The number of nitrogens with zero attached hydrogens (tertiary/aromatic N) is 1. The lowest BCUT2D eigenvalue weighted by Gasteiger charge is -2.39. The van der Waals surface area contributed by atoms with Gasteiger partial charge in [-0.05, 0) is 40.3 Å². The molecule has 1 radical (unpaired) electrons. The molecule has 0 rings (SSSR count). The van der Waals surface area contributed by atoms with Gasteiger partial charge in [-0.1, -0.05) is 13.1 Å². The molecule has 0 atom stereocenters. The van der Waals surface area contributed by atoms with Crippen LogP contribution in [0.1, 0.15) is 0 Å². The van der Waals surface area contributed by atoms with Crippen molar-refractivity contribution in [1.29, 1.82) is 0 Å². The molecule has 0 aliphatic rings. The van der Waals surface area contributed by atoms with Gasteiger partial charge >= 0.3 is 0 Å². The molecule has 6 heteroatoms. The molecular weight excluding hydrogens is 222 g/mol. The van der Waals surface area contributed by atoms with Crippen molar-refractivity contribution in [3.05, 3.63) is 0 Å². The first-order valence-corrected chi connectivity index (χ1v) is 13.6. The fourth-order valence-corrected chi connectivity index (χ4v) is 14.4. The number of rotatable bonds is 5. The van der Waals surface area contributed by atoms with Gasteiger partial charge in [-0.3, -0.25) is 0 Å². The summed E-state index contributed by atoms with van der Waals surface area (Å²) in [5, 5.41) is 0. The summed E-state index contributed by atoms with van der Waals surface area (Å²) in [5.41, 5.74) is 0. The maximum Gasteiger partial charge on any atom is 0.191 e. The normalized spacial score (nSPS) is 14.1. The van der Waals surface area contributed by atoms with Crippen molar-refractivity contribution in [2.75, 3.05) is 14.1 Å². The number of nitrogens with one attached hydrogen (secondary N) is 2. The third-order valence-electron chi connectivity index (χ3n) is 2.30. The Kier molecular flexibility index (Phi) is 5.23. The van der Waals surface area contributed by atoms with Crippen molar-refractivity contribution in [3.63, 3.8) is 0 Å². The highest BCUT2D eigenvalue weighted by atomic mass is 28.4. The van der Waals surface area contributed by atoms with E-state index in [0.29, 0.717) is 0 Å². The lowest BCUT2D eigenvalue weighted by molar-refractivity contribution is 0.612. The number of hydrogen-bond acceptors (Lipinski definition) is 3. The van der Waals surface area contributed by atoms with E-state index in [9.17, 15) is 0 Å². The molecule has 0 aromatic carbocycles. The van der Waals surface area contributed by atoms with Crippen LogP contribution in [0, 0.1) is 0 Å². The van der Waals surface area contributed by atoms with E-state index in [-0.39, 0.29) is 8.96 Å². The second kappa shape index (κ2) is 5.04. The fraction of sp³-hybridized carbons (Fsp3) is 1.00. The second-order valence-electron chi connectivity index (χ2n) is 5.33. The standard InChI is InChI=1S/C8H26N3Si3/c1-11(2)14(7,8)10-13(5,6)9-12(3)4/h9-10H,1-8H3. The van der Waals surface area contributed by atoms with E-state index in [1.54, 1.807) is 0 Å². The third-order valence-corrected chi connectivity index (χ3v) is 14.0. The van der Waals surface area contributed by atoms with Crippen LogP contribution < -0.4 is 9.30 Å². The van der Waals surface area contributed by atoms with E-state index in [4.69, 9.17) is 0 Å². The van der Waals surface area contributed by atoms with E-state index in [0.717, 1.165) is 0 Å². The average Bonchev–Trinajstić information content (AvgIpc) is 1.79. The minimum atomic E-state index is -1.40. The van der Waals surface area contributed by atoms with E-state index in [1.807, 2.05) is 0 Å². The molecule has 0 unspecified atom stereocenters. The molecule has 0 aliphatic carbocycles. The first-order chi connectivity index (χ1) is 6.07. The Labute approximate surface area is 93.3 Å². The van der Waals surface area contributed by atoms with Crippen LogP contribution in [-0.4, -0.2) is 44.4 Å². The van der Waals surface area contributed by atoms with Crippen molar-refractivity contribution in [2.24, 2.45) is 0 Å². The summed E-state index contributed by atoms with van der Waals surface area (Å²) < 4.78 is 10.0. The molecule has 85 valence electrons. The summed E-state index contributed by atoms with van der Waals surface area (Å²) in [6.07, 6.45) is 0. The van der Waals surface area contributed by atoms with E-state index in [1.165, 1.54) is 0 Å². The van der Waals surface area contributed by atoms with Crippen LogP contribution in [0.3, 0.4) is 0 Å². The molecule has 0 heterocycles. The molecule has 0 bridgehead atoms. The Morgan fingerprint density at radius 3 is 1.71 bits per heavy atom. The highest BCUT2D eigenvalue weighted by Gasteiger charge is 2.33. The van der Waals surface area contributed by atoms with Gasteiger partial charge in [0.05, 0.1) is 0 Å². The lowest BCUT2D eigenvalue weighted by atomic mass is 11.3. The van der Waals surface area contributed by atoms with Crippen LogP contribution in [0.25, 0.3) is 0 Å². The van der Waals surface area contributed by atoms with Gasteiger partial charge in [0.15, 0.2) is 16.8 Å². The van der Waals surface area contributed by atoms with Crippen molar-refractivity contribution >= 4 is 25.8 Å². The minimum Gasteiger partial charge on any atom is -0.349 e. The monoisotopic (exact) mass is 248 g/mol. The zero-order valence-corrected chi connectivity index (χ0v) is 13.9. The number of hydrogen-bond donors (Lipinski definition) is 2. The first kappa shape index (κ1) is 14.5. The Bertz CT molecular complexity index is 181. The van der Waals surface area contributed by atoms with Crippen molar-refractivity contribution in [3.8, 4) is 0 Å². The van der Waals surface area contributed by atoms with Crippen LogP contribution in [0.2, 0.25) is 39.3 Å². The molecule has 3 nitrogen and oxygen atoms in total. The predicted molar refractivity (Wildman–Crippen MR) is 72.4 cm³/mol. The van der Waals surface area contributed by atoms with Crippen molar-refractivity contribution in [1.82, 2.24) is 13.9 Å². The van der Waals surface area contributed by atoms with Gasteiger partial charge in [-0.25, -0.2) is 0 Å². The van der Waals surface area contributed by atoms with Crippen LogP contribution in [0.4, 0.5) is 0 Å². The van der Waals surface area contributed by atoms with Crippen LogP contribution >= 0.6 is 0 Å². The summed E-state index contributed by atoms with van der Waals surface area (Å²) >= 11 is 0. The van der Waals surface area contributed by atoms with Crippen LogP contribution in [0.15, 0.2) is 0 Å². The molecule has 0 aromatic heterocycles. The summed E-state index contributed by atoms with van der Waals surface area (Å²) in [5.74, 6) is 0. The summed E-state index contributed by atoms with van der Waals surface area (Å²) in [7, 11) is 1.23. The zero-order chi connectivity index (χ0) is 11.6. The smallest absolute Gasteiger partial charge is 0.191 e. The average molecular weight is 249 g/mol. The zero-order valence-electron chi connectivity index (χ0n) is 10.9. The summed E-state index contributed by atoms with van der Waals surface area (Å²) in [6.45, 7) is 14.1. The largest absolute Gasteiger partial charge is 0.349 e. The maximum atomic E-state index is 3.88. The van der Waals surface area contributed by atoms with Gasteiger partial charge in [0.25, 0.3) is 0 Å². The Hall–Kier alpha value is 0.531. The topological polar surface area (TPSA) is 27.3 Å². The van der Waals surface area contributed by atoms with Gasteiger partial charge in [0, 0.05) is 0 Å². The van der Waals surface area contributed by atoms with E-state index >= 15 is 0 Å². The van der Waals surface area contributed by atoms with Gasteiger partial charge in [0.2, 0.25) is 0 Å². The van der Waals surface area contributed by atoms with Crippen LogP contribution in [0.5, 0.6) is 0 Å². The Morgan fingerprint density at radius 2 is 1.43 bits per heavy atom. The predicted octanol–water partition coefficient (Wildman–Crippen LogP) is 1.38. The first-order valence-electron chi connectivity index (χ1n) is 5.12. The van der Waals surface area contributed by atoms with Gasteiger partial charge in [-0.15, -0.1) is 0 Å². The molecule has 0 aromatic rings. The SMILES string of the molecule is CN(C)[Si](C)(C)N[Si](C)(C)N[Si](C)C.